The van der Waals surface area contributed by atoms with Crippen molar-refractivity contribution < 1.29 is 9.32 Å². The normalized spacial score (nSPS) is 12.8. The van der Waals surface area contributed by atoms with Gasteiger partial charge < -0.3 is 15.6 Å². The Balaban J connectivity index is 2.31. The van der Waals surface area contributed by atoms with Crippen LogP contribution in [0.4, 0.5) is 0 Å². The summed E-state index contributed by atoms with van der Waals surface area (Å²) in [4.78, 5) is 10.6. The maximum atomic E-state index is 10.6. The second kappa shape index (κ2) is 3.87. The molecule has 0 saturated heterocycles. The van der Waals surface area contributed by atoms with Crippen LogP contribution in [0.25, 0.3) is 0 Å². The molecule has 0 aromatic carbocycles. The fourth-order valence-corrected chi connectivity index (χ4v) is 0.686. The number of nitrogens with two attached hydrogens (primary N) is 1. The van der Waals surface area contributed by atoms with E-state index in [2.05, 4.69) is 15.0 Å². The van der Waals surface area contributed by atoms with Crippen LogP contribution in [0.3, 0.4) is 0 Å². The first-order valence-corrected chi connectivity index (χ1v) is 3.61. The molecule has 5 nitrogen and oxygen atoms in total. The zero-order valence-corrected chi connectivity index (χ0v) is 6.78. The molecule has 0 aliphatic heterocycles. The van der Waals surface area contributed by atoms with Crippen LogP contribution in [-0.2, 0) is 11.3 Å². The van der Waals surface area contributed by atoms with Gasteiger partial charge in [-0.2, -0.15) is 0 Å². The van der Waals surface area contributed by atoms with Gasteiger partial charge in [0.15, 0.2) is 0 Å². The lowest BCUT2D eigenvalue weighted by atomic mass is 10.3. The summed E-state index contributed by atoms with van der Waals surface area (Å²) in [6, 6.07) is -0.333. The molecule has 3 N–H and O–H groups in total. The van der Waals surface area contributed by atoms with Crippen LogP contribution in [0.15, 0.2) is 17.0 Å². The highest BCUT2D eigenvalue weighted by Gasteiger charge is 2.07. The fraction of sp³-hybridized carbons (Fsp3) is 0.429. The highest BCUT2D eigenvalue weighted by molar-refractivity contribution is 5.79. The van der Waals surface area contributed by atoms with E-state index in [-0.39, 0.29) is 11.9 Å². The van der Waals surface area contributed by atoms with Gasteiger partial charge >= 0.3 is 0 Å². The Hall–Kier alpha value is -1.36. The molecule has 0 aliphatic rings. The molecule has 0 radical (unpaired) electrons. The summed E-state index contributed by atoms with van der Waals surface area (Å²) in [6.07, 6.45) is 3.10. The third-order valence-corrected chi connectivity index (χ3v) is 1.52. The second-order valence-electron chi connectivity index (χ2n) is 2.54. The zero-order valence-electron chi connectivity index (χ0n) is 6.78. The molecule has 0 saturated carbocycles. The Morgan fingerprint density at radius 3 is 3.17 bits per heavy atom. The molecule has 0 spiro atoms. The van der Waals surface area contributed by atoms with Gasteiger partial charge in [0.2, 0.25) is 5.91 Å². The summed E-state index contributed by atoms with van der Waals surface area (Å²) in [5, 5.41) is 6.42. The van der Waals surface area contributed by atoms with Crippen LogP contribution in [0.2, 0.25) is 0 Å². The first-order chi connectivity index (χ1) is 5.70. The molecule has 0 fully saturated rings. The van der Waals surface area contributed by atoms with E-state index < -0.39 is 0 Å². The van der Waals surface area contributed by atoms with E-state index in [4.69, 9.17) is 5.73 Å². The van der Waals surface area contributed by atoms with E-state index in [9.17, 15) is 4.79 Å². The van der Waals surface area contributed by atoms with Gasteiger partial charge in [-0.15, -0.1) is 0 Å². The SMILES string of the molecule is CC(NCc1cnoc1)C(N)=O. The third kappa shape index (κ3) is 2.35. The van der Waals surface area contributed by atoms with E-state index >= 15 is 0 Å². The molecule has 1 aromatic heterocycles. The molecule has 66 valence electrons. The Bertz CT molecular complexity index is 245. The first-order valence-electron chi connectivity index (χ1n) is 3.61. The number of carbonyl (C=O) groups excluding carboxylic acids is 1. The highest BCUT2D eigenvalue weighted by atomic mass is 16.5. The van der Waals surface area contributed by atoms with Crippen LogP contribution < -0.4 is 11.1 Å². The van der Waals surface area contributed by atoms with Crippen molar-refractivity contribution in [3.8, 4) is 0 Å². The number of hydrogen-bond donors (Lipinski definition) is 2. The van der Waals surface area contributed by atoms with E-state index in [0.29, 0.717) is 6.54 Å². The Kier molecular flexibility index (Phi) is 2.82. The topological polar surface area (TPSA) is 81.2 Å². The van der Waals surface area contributed by atoms with Crippen molar-refractivity contribution in [1.29, 1.82) is 0 Å². The molecular weight excluding hydrogens is 158 g/mol. The predicted molar refractivity (Wildman–Crippen MR) is 42.0 cm³/mol. The predicted octanol–water partition coefficient (Wildman–Crippen LogP) is -0.362. The summed E-state index contributed by atoms with van der Waals surface area (Å²) < 4.78 is 4.60. The number of aromatic nitrogens is 1. The van der Waals surface area contributed by atoms with Gasteiger partial charge in [0.1, 0.15) is 6.26 Å². The van der Waals surface area contributed by atoms with Gasteiger partial charge in [-0.3, -0.25) is 4.79 Å². The van der Waals surface area contributed by atoms with Gasteiger partial charge in [0, 0.05) is 12.1 Å². The molecule has 1 rings (SSSR count). The van der Waals surface area contributed by atoms with Crippen LogP contribution in [0.1, 0.15) is 12.5 Å². The number of nitrogens with zero attached hydrogens (tertiary/aromatic N) is 1. The van der Waals surface area contributed by atoms with Crippen LogP contribution in [0, 0.1) is 0 Å². The fourth-order valence-electron chi connectivity index (χ4n) is 0.686. The van der Waals surface area contributed by atoms with Crippen LogP contribution in [-0.4, -0.2) is 17.1 Å². The molecule has 0 bridgehead atoms. The van der Waals surface area contributed by atoms with Crippen LogP contribution in [0.5, 0.6) is 0 Å². The molecule has 1 heterocycles. The van der Waals surface area contributed by atoms with Crippen molar-refractivity contribution in [3.05, 3.63) is 18.0 Å². The van der Waals surface area contributed by atoms with Crippen molar-refractivity contribution >= 4 is 5.91 Å². The molecular formula is C7H11N3O2. The Morgan fingerprint density at radius 2 is 2.67 bits per heavy atom. The molecule has 0 aliphatic carbocycles. The number of rotatable bonds is 4. The van der Waals surface area contributed by atoms with Gasteiger partial charge in [0.25, 0.3) is 0 Å². The summed E-state index contributed by atoms with van der Waals surface area (Å²) in [7, 11) is 0. The number of carbonyl (C=O) groups is 1. The second-order valence-corrected chi connectivity index (χ2v) is 2.54. The van der Waals surface area contributed by atoms with E-state index in [0.717, 1.165) is 5.56 Å². The molecule has 5 heteroatoms. The minimum atomic E-state index is -0.369. The van der Waals surface area contributed by atoms with E-state index in [1.807, 2.05) is 0 Å². The largest absolute Gasteiger partial charge is 0.368 e. The average Bonchev–Trinajstić information content (AvgIpc) is 2.51. The van der Waals surface area contributed by atoms with Crippen molar-refractivity contribution in [2.24, 2.45) is 5.73 Å². The summed E-state index contributed by atoms with van der Waals surface area (Å²) in [5.74, 6) is -0.369. The van der Waals surface area contributed by atoms with Crippen LogP contribution >= 0.6 is 0 Å². The minimum Gasteiger partial charge on any atom is -0.368 e. The lowest BCUT2D eigenvalue weighted by Gasteiger charge is -2.07. The molecule has 1 atom stereocenters. The third-order valence-electron chi connectivity index (χ3n) is 1.52. The van der Waals surface area contributed by atoms with Gasteiger partial charge in [-0.05, 0) is 6.92 Å². The number of hydrogen-bond acceptors (Lipinski definition) is 4. The smallest absolute Gasteiger partial charge is 0.234 e. The maximum Gasteiger partial charge on any atom is 0.234 e. The Morgan fingerprint density at radius 1 is 1.92 bits per heavy atom. The van der Waals surface area contributed by atoms with Crippen molar-refractivity contribution in [2.75, 3.05) is 0 Å². The van der Waals surface area contributed by atoms with Gasteiger partial charge in [-0.1, -0.05) is 5.16 Å². The average molecular weight is 169 g/mol. The molecule has 1 amide bonds. The number of amides is 1. The molecule has 1 unspecified atom stereocenters. The van der Waals surface area contributed by atoms with Crippen molar-refractivity contribution in [1.82, 2.24) is 10.5 Å². The van der Waals surface area contributed by atoms with Gasteiger partial charge in [-0.25, -0.2) is 0 Å². The lowest BCUT2D eigenvalue weighted by Crippen LogP contribution is -2.38. The Labute approximate surface area is 69.9 Å². The van der Waals surface area contributed by atoms with E-state index in [1.54, 1.807) is 13.1 Å². The summed E-state index contributed by atoms with van der Waals surface area (Å²) in [6.45, 7) is 2.24. The van der Waals surface area contributed by atoms with Crippen molar-refractivity contribution in [2.45, 2.75) is 19.5 Å². The minimum absolute atomic E-state index is 0.333. The lowest BCUT2D eigenvalue weighted by molar-refractivity contribution is -0.119. The summed E-state index contributed by atoms with van der Waals surface area (Å²) in [5.41, 5.74) is 5.93. The zero-order chi connectivity index (χ0) is 8.97. The van der Waals surface area contributed by atoms with Gasteiger partial charge in [0.05, 0.1) is 12.2 Å². The molecule has 12 heavy (non-hydrogen) atoms. The van der Waals surface area contributed by atoms with Crippen molar-refractivity contribution in [3.63, 3.8) is 0 Å². The standard InChI is InChI=1S/C7H11N3O2/c1-5(7(8)11)9-2-6-3-10-12-4-6/h3-5,9H,2H2,1H3,(H2,8,11). The summed E-state index contributed by atoms with van der Waals surface area (Å²) >= 11 is 0. The first kappa shape index (κ1) is 8.73. The van der Waals surface area contributed by atoms with E-state index in [1.165, 1.54) is 6.26 Å². The molecule has 1 aromatic rings. The number of nitrogens with one attached hydrogen (secondary N) is 1. The quantitative estimate of drug-likeness (QED) is 0.644. The highest BCUT2D eigenvalue weighted by Crippen LogP contribution is 1.95. The monoisotopic (exact) mass is 169 g/mol. The maximum absolute atomic E-state index is 10.6. The number of primary amides is 1.